The van der Waals surface area contributed by atoms with Gasteiger partial charge in [-0.2, -0.15) is 0 Å². The van der Waals surface area contributed by atoms with E-state index >= 15 is 0 Å². The normalized spacial score (nSPS) is 20.9. The first-order chi connectivity index (χ1) is 9.15. The minimum atomic E-state index is 0.0756. The lowest BCUT2D eigenvalue weighted by molar-refractivity contribution is -0.0172. The van der Waals surface area contributed by atoms with Crippen molar-refractivity contribution in [2.45, 2.75) is 38.5 Å². The van der Waals surface area contributed by atoms with E-state index in [1.54, 1.807) is 0 Å². The van der Waals surface area contributed by atoms with Crippen LogP contribution in [-0.2, 0) is 9.47 Å². The highest BCUT2D eigenvalue weighted by Gasteiger charge is 2.22. The zero-order chi connectivity index (χ0) is 13.7. The number of halogens is 1. The van der Waals surface area contributed by atoms with Gasteiger partial charge in [-0.05, 0) is 24.1 Å². The molecule has 0 aliphatic carbocycles. The first kappa shape index (κ1) is 15.0. The molecule has 1 saturated heterocycles. The van der Waals surface area contributed by atoms with Gasteiger partial charge in [-0.3, -0.25) is 0 Å². The highest BCUT2D eigenvalue weighted by atomic mass is 79.9. The van der Waals surface area contributed by atoms with E-state index in [0.29, 0.717) is 12.6 Å². The molecule has 1 aliphatic heterocycles. The predicted molar refractivity (Wildman–Crippen MR) is 80.3 cm³/mol. The molecule has 106 valence electrons. The third kappa shape index (κ3) is 4.88. The van der Waals surface area contributed by atoms with Crippen LogP contribution in [0.25, 0.3) is 0 Å². The molecule has 1 aliphatic rings. The van der Waals surface area contributed by atoms with E-state index in [1.807, 2.05) is 6.07 Å². The third-order valence-corrected chi connectivity index (χ3v) is 3.67. The molecule has 0 aromatic heterocycles. The molecule has 1 aromatic carbocycles. The summed E-state index contributed by atoms with van der Waals surface area (Å²) in [6.07, 6.45) is 1.29. The largest absolute Gasteiger partial charge is 0.379 e. The van der Waals surface area contributed by atoms with Crippen LogP contribution in [0.5, 0.6) is 0 Å². The van der Waals surface area contributed by atoms with Gasteiger partial charge in [0.05, 0.1) is 18.8 Å². The fourth-order valence-electron chi connectivity index (χ4n) is 2.15. The lowest BCUT2D eigenvalue weighted by Crippen LogP contribution is -2.31. The Morgan fingerprint density at radius 2 is 2.32 bits per heavy atom. The van der Waals surface area contributed by atoms with Crippen LogP contribution < -0.4 is 5.32 Å². The molecule has 0 amide bonds. The molecule has 1 N–H and O–H groups in total. The lowest BCUT2D eigenvalue weighted by Gasteiger charge is -2.23. The van der Waals surface area contributed by atoms with Gasteiger partial charge in [0.15, 0.2) is 0 Å². The smallest absolute Gasteiger partial charge is 0.0954 e. The number of hydrogen-bond donors (Lipinski definition) is 1. The Balaban J connectivity index is 2.03. The molecule has 0 saturated carbocycles. The summed E-state index contributed by atoms with van der Waals surface area (Å²) in [5.74, 6) is 0. The summed E-state index contributed by atoms with van der Waals surface area (Å²) in [4.78, 5) is 0. The number of benzene rings is 1. The second kappa shape index (κ2) is 7.39. The molecule has 0 bridgehead atoms. The van der Waals surface area contributed by atoms with Gasteiger partial charge in [0.1, 0.15) is 0 Å². The van der Waals surface area contributed by atoms with Gasteiger partial charge >= 0.3 is 0 Å². The summed E-state index contributed by atoms with van der Waals surface area (Å²) < 4.78 is 12.7. The van der Waals surface area contributed by atoms with Crippen molar-refractivity contribution in [2.24, 2.45) is 0 Å². The zero-order valence-corrected chi connectivity index (χ0v) is 13.2. The van der Waals surface area contributed by atoms with Crippen molar-refractivity contribution < 1.29 is 9.47 Å². The Labute approximate surface area is 123 Å². The van der Waals surface area contributed by atoms with E-state index in [-0.39, 0.29) is 12.2 Å². The highest BCUT2D eigenvalue weighted by molar-refractivity contribution is 9.10. The first-order valence-corrected chi connectivity index (χ1v) is 7.66. The molecule has 2 unspecified atom stereocenters. The molecule has 2 atom stereocenters. The summed E-state index contributed by atoms with van der Waals surface area (Å²) in [5, 5.41) is 3.46. The number of nitrogens with one attached hydrogen (secondary N) is 1. The van der Waals surface area contributed by atoms with E-state index in [0.717, 1.165) is 24.0 Å². The highest BCUT2D eigenvalue weighted by Crippen LogP contribution is 2.24. The predicted octanol–water partition coefficient (Wildman–Crippen LogP) is 3.29. The molecule has 3 nitrogen and oxygen atoms in total. The van der Waals surface area contributed by atoms with Crippen LogP contribution >= 0.6 is 15.9 Å². The maximum Gasteiger partial charge on any atom is 0.0954 e. The molecule has 0 spiro atoms. The number of ether oxygens (including phenoxy) is 2. The fraction of sp³-hybridized carbons (Fsp3) is 0.600. The van der Waals surface area contributed by atoms with Crippen molar-refractivity contribution in [3.05, 3.63) is 34.3 Å². The Kier molecular flexibility index (Phi) is 5.82. The molecule has 1 heterocycles. The Hall–Kier alpha value is -0.420. The third-order valence-electron chi connectivity index (χ3n) is 3.18. The summed E-state index contributed by atoms with van der Waals surface area (Å²) in [7, 11) is 0. The topological polar surface area (TPSA) is 30.5 Å². The molecule has 1 aromatic rings. The van der Waals surface area contributed by atoms with Crippen LogP contribution in [0.1, 0.15) is 31.9 Å². The molecule has 2 rings (SSSR count). The van der Waals surface area contributed by atoms with E-state index < -0.39 is 0 Å². The van der Waals surface area contributed by atoms with Crippen molar-refractivity contribution in [3.8, 4) is 0 Å². The number of rotatable bonds is 6. The van der Waals surface area contributed by atoms with Crippen molar-refractivity contribution in [1.82, 2.24) is 5.32 Å². The van der Waals surface area contributed by atoms with Gasteiger partial charge in [-0.1, -0.05) is 41.9 Å². The van der Waals surface area contributed by atoms with Gasteiger partial charge in [-0.25, -0.2) is 0 Å². The Bertz CT molecular complexity index is 391. The lowest BCUT2D eigenvalue weighted by atomic mass is 10.1. The van der Waals surface area contributed by atoms with Gasteiger partial charge in [0.25, 0.3) is 0 Å². The van der Waals surface area contributed by atoms with Crippen LogP contribution in [0, 0.1) is 0 Å². The van der Waals surface area contributed by atoms with Crippen LogP contribution in [0.2, 0.25) is 0 Å². The maximum atomic E-state index is 6.19. The van der Waals surface area contributed by atoms with Gasteiger partial charge in [-0.15, -0.1) is 0 Å². The van der Waals surface area contributed by atoms with E-state index in [4.69, 9.17) is 9.47 Å². The second-order valence-electron chi connectivity index (χ2n) is 5.23. The molecule has 1 fully saturated rings. The van der Waals surface area contributed by atoms with Crippen LogP contribution in [-0.4, -0.2) is 31.9 Å². The van der Waals surface area contributed by atoms with E-state index in [9.17, 15) is 0 Å². The monoisotopic (exact) mass is 327 g/mol. The quantitative estimate of drug-likeness (QED) is 0.869. The molecular formula is C15H22BrNO2. The van der Waals surface area contributed by atoms with Gasteiger partial charge in [0, 0.05) is 23.7 Å². The van der Waals surface area contributed by atoms with E-state index in [2.05, 4.69) is 53.3 Å². The Morgan fingerprint density at radius 1 is 1.47 bits per heavy atom. The molecular weight excluding hydrogens is 306 g/mol. The van der Waals surface area contributed by atoms with Crippen molar-refractivity contribution >= 4 is 15.9 Å². The van der Waals surface area contributed by atoms with Crippen molar-refractivity contribution in [3.63, 3.8) is 0 Å². The zero-order valence-electron chi connectivity index (χ0n) is 11.6. The molecule has 4 heteroatoms. The summed E-state index contributed by atoms with van der Waals surface area (Å²) in [5.41, 5.74) is 1.20. The van der Waals surface area contributed by atoms with E-state index in [1.165, 1.54) is 5.56 Å². The SMILES string of the molecule is CC(C)NCC(OC1CCOC1)c1cccc(Br)c1. The van der Waals surface area contributed by atoms with Crippen LogP contribution in [0.3, 0.4) is 0 Å². The Morgan fingerprint density at radius 3 is 2.95 bits per heavy atom. The van der Waals surface area contributed by atoms with Gasteiger partial charge < -0.3 is 14.8 Å². The summed E-state index contributed by atoms with van der Waals surface area (Å²) in [6, 6.07) is 8.79. The molecule has 19 heavy (non-hydrogen) atoms. The fourth-order valence-corrected chi connectivity index (χ4v) is 2.56. The van der Waals surface area contributed by atoms with Crippen LogP contribution in [0.4, 0.5) is 0 Å². The van der Waals surface area contributed by atoms with Crippen LogP contribution in [0.15, 0.2) is 28.7 Å². The first-order valence-electron chi connectivity index (χ1n) is 6.87. The average Bonchev–Trinajstić information content (AvgIpc) is 2.87. The maximum absolute atomic E-state index is 6.19. The minimum Gasteiger partial charge on any atom is -0.379 e. The average molecular weight is 328 g/mol. The van der Waals surface area contributed by atoms with Crippen molar-refractivity contribution in [1.29, 1.82) is 0 Å². The van der Waals surface area contributed by atoms with Gasteiger partial charge in [0.2, 0.25) is 0 Å². The summed E-state index contributed by atoms with van der Waals surface area (Å²) >= 11 is 3.52. The molecule has 0 radical (unpaired) electrons. The minimum absolute atomic E-state index is 0.0756. The summed E-state index contributed by atoms with van der Waals surface area (Å²) in [6.45, 7) is 6.65. The standard InChI is InChI=1S/C15H22BrNO2/c1-11(2)17-9-15(19-14-6-7-18-10-14)12-4-3-5-13(16)8-12/h3-5,8,11,14-15,17H,6-7,9-10H2,1-2H3. The number of hydrogen-bond acceptors (Lipinski definition) is 3. The second-order valence-corrected chi connectivity index (χ2v) is 6.14. The van der Waals surface area contributed by atoms with Crippen molar-refractivity contribution in [2.75, 3.05) is 19.8 Å².